The average Bonchev–Trinajstić information content (AvgIpc) is 2.79. The molecule has 0 spiro atoms. The number of ketones is 2. The van der Waals surface area contributed by atoms with Gasteiger partial charge < -0.3 is 5.73 Å². The van der Waals surface area contributed by atoms with Gasteiger partial charge >= 0.3 is 0 Å². The van der Waals surface area contributed by atoms with Crippen LogP contribution in [0.4, 0.5) is 5.69 Å². The summed E-state index contributed by atoms with van der Waals surface area (Å²) in [6.07, 6.45) is 13.9. The van der Waals surface area contributed by atoms with Crippen LogP contribution in [-0.4, -0.2) is 11.6 Å². The van der Waals surface area contributed by atoms with Crippen LogP contribution in [0, 0.1) is 13.8 Å². The van der Waals surface area contributed by atoms with Crippen LogP contribution in [0.15, 0.2) is 36.4 Å². The van der Waals surface area contributed by atoms with Gasteiger partial charge in [0.15, 0.2) is 0 Å². The van der Waals surface area contributed by atoms with Crippen LogP contribution in [0.3, 0.4) is 0 Å². The fourth-order valence-electron chi connectivity index (χ4n) is 4.10. The van der Waals surface area contributed by atoms with Crippen molar-refractivity contribution in [3.63, 3.8) is 0 Å². The van der Waals surface area contributed by atoms with Crippen molar-refractivity contribution in [2.24, 2.45) is 0 Å². The first-order valence-electron chi connectivity index (χ1n) is 12.0. The third kappa shape index (κ3) is 8.09. The summed E-state index contributed by atoms with van der Waals surface area (Å²) in [7, 11) is 0. The van der Waals surface area contributed by atoms with Crippen LogP contribution in [0.25, 0.3) is 0 Å². The summed E-state index contributed by atoms with van der Waals surface area (Å²) in [4.78, 5) is 25.5. The number of hydrogen-bond donors (Lipinski definition) is 1. The lowest BCUT2D eigenvalue weighted by molar-refractivity contribution is 0.0817. The van der Waals surface area contributed by atoms with Crippen molar-refractivity contribution in [3.05, 3.63) is 64.2 Å². The molecule has 0 fully saturated rings. The Morgan fingerprint density at radius 3 is 1.84 bits per heavy atom. The van der Waals surface area contributed by atoms with Gasteiger partial charge in [-0.05, 0) is 49.4 Å². The van der Waals surface area contributed by atoms with Gasteiger partial charge in [0.1, 0.15) is 0 Å². The molecule has 2 rings (SSSR count). The van der Waals surface area contributed by atoms with E-state index in [0.717, 1.165) is 29.5 Å². The zero-order chi connectivity index (χ0) is 22.6. The molecule has 0 amide bonds. The predicted octanol–water partition coefficient (Wildman–Crippen LogP) is 7.84. The second kappa shape index (κ2) is 14.8. The van der Waals surface area contributed by atoms with E-state index < -0.39 is 11.6 Å². The minimum atomic E-state index is -0.517. The summed E-state index contributed by atoms with van der Waals surface area (Å²) in [6, 6.07) is 10.6. The largest absolute Gasteiger partial charge is 0.398 e. The molecule has 176 valence electrons. The smallest absolute Gasteiger partial charge is 0.235 e. The molecule has 0 heterocycles. The van der Waals surface area contributed by atoms with E-state index in [0.29, 0.717) is 16.8 Å². The van der Waals surface area contributed by atoms with E-state index in [1.165, 1.54) is 57.8 Å². The molecule has 2 aromatic rings. The van der Waals surface area contributed by atoms with Gasteiger partial charge in [-0.3, -0.25) is 9.59 Å². The predicted molar refractivity (Wildman–Crippen MR) is 138 cm³/mol. The second-order valence-electron chi connectivity index (χ2n) is 8.70. The number of nitrogen functional groups attached to an aromatic ring is 1. The van der Waals surface area contributed by atoms with Crippen molar-refractivity contribution in [1.82, 2.24) is 0 Å². The fourth-order valence-corrected chi connectivity index (χ4v) is 4.10. The molecular weight excluding hydrogens is 418 g/mol. The lowest BCUT2D eigenvalue weighted by atomic mass is 9.90. The Hall–Kier alpha value is -2.13. The number of rotatable bonds is 14. The Labute approximate surface area is 200 Å². The summed E-state index contributed by atoms with van der Waals surface area (Å²) in [5, 5.41) is 0. The first kappa shape index (κ1) is 27.9. The van der Waals surface area contributed by atoms with Crippen LogP contribution < -0.4 is 5.73 Å². The maximum absolute atomic E-state index is 12.9. The summed E-state index contributed by atoms with van der Waals surface area (Å²) in [6.45, 7) is 6.26. The van der Waals surface area contributed by atoms with Crippen LogP contribution in [0.1, 0.15) is 109 Å². The number of nitrogens with two attached hydrogens (primary N) is 1. The van der Waals surface area contributed by atoms with Crippen molar-refractivity contribution in [2.45, 2.75) is 91.4 Å². The number of benzene rings is 2. The lowest BCUT2D eigenvalue weighted by Gasteiger charge is -2.15. The van der Waals surface area contributed by atoms with Crippen LogP contribution in [0.5, 0.6) is 0 Å². The van der Waals surface area contributed by atoms with E-state index in [1.54, 1.807) is 24.3 Å². The molecule has 0 aliphatic carbocycles. The molecule has 0 saturated heterocycles. The number of anilines is 1. The van der Waals surface area contributed by atoms with Gasteiger partial charge in [0.25, 0.3) is 0 Å². The van der Waals surface area contributed by atoms with Gasteiger partial charge in [0.05, 0.1) is 0 Å². The molecule has 0 aliphatic heterocycles. The summed E-state index contributed by atoms with van der Waals surface area (Å²) in [5.41, 5.74) is 10.6. The van der Waals surface area contributed by atoms with Gasteiger partial charge in [0, 0.05) is 16.8 Å². The average molecular weight is 458 g/mol. The van der Waals surface area contributed by atoms with E-state index in [2.05, 4.69) is 13.8 Å². The van der Waals surface area contributed by atoms with E-state index >= 15 is 0 Å². The number of carbonyl (C=O) groups is 2. The highest BCUT2D eigenvalue weighted by molar-refractivity contribution is 6.50. The van der Waals surface area contributed by atoms with Crippen molar-refractivity contribution in [3.8, 4) is 0 Å². The van der Waals surface area contributed by atoms with Gasteiger partial charge in [-0.25, -0.2) is 0 Å². The number of Topliss-reactive ketones (excluding diaryl/α,β-unsaturated/α-hetero) is 2. The Balaban J connectivity index is 0.00000512. The van der Waals surface area contributed by atoms with Crippen molar-refractivity contribution in [1.29, 1.82) is 0 Å². The number of unbranched alkanes of at least 4 members (excludes halogenated alkanes) is 9. The number of carbonyl (C=O) groups excluding carboxylic acids is 2. The maximum Gasteiger partial charge on any atom is 0.235 e. The highest BCUT2D eigenvalue weighted by atomic mass is 35.5. The minimum absolute atomic E-state index is 0. The number of hydrogen-bond acceptors (Lipinski definition) is 3. The molecule has 0 radical (unpaired) electrons. The first-order valence-corrected chi connectivity index (χ1v) is 12.0. The topological polar surface area (TPSA) is 60.2 Å². The molecule has 0 bridgehead atoms. The van der Waals surface area contributed by atoms with Crippen LogP contribution in [0.2, 0.25) is 0 Å². The third-order valence-electron chi connectivity index (χ3n) is 6.34. The Kier molecular flexibility index (Phi) is 12.9. The molecular formula is C28H40ClNO2. The summed E-state index contributed by atoms with van der Waals surface area (Å²) >= 11 is 0. The molecule has 0 atom stereocenters. The van der Waals surface area contributed by atoms with Crippen LogP contribution in [-0.2, 0) is 6.42 Å². The molecule has 4 heteroatoms. The van der Waals surface area contributed by atoms with Crippen molar-refractivity contribution in [2.75, 3.05) is 5.73 Å². The molecule has 0 aliphatic rings. The zero-order valence-electron chi connectivity index (χ0n) is 20.0. The van der Waals surface area contributed by atoms with Gasteiger partial charge in [-0.1, -0.05) is 95.0 Å². The van der Waals surface area contributed by atoms with Crippen molar-refractivity contribution >= 4 is 29.7 Å². The van der Waals surface area contributed by atoms with Gasteiger partial charge in [-0.15, -0.1) is 12.4 Å². The third-order valence-corrected chi connectivity index (χ3v) is 6.34. The Bertz CT molecular complexity index is 861. The quantitative estimate of drug-likeness (QED) is 0.136. The van der Waals surface area contributed by atoms with Gasteiger partial charge in [-0.2, -0.15) is 0 Å². The number of halogens is 1. The molecule has 0 aromatic heterocycles. The molecule has 0 saturated carbocycles. The Morgan fingerprint density at radius 1 is 0.750 bits per heavy atom. The van der Waals surface area contributed by atoms with Gasteiger partial charge in [0.2, 0.25) is 11.6 Å². The minimum Gasteiger partial charge on any atom is -0.398 e. The highest BCUT2D eigenvalue weighted by Gasteiger charge is 2.23. The van der Waals surface area contributed by atoms with E-state index in [9.17, 15) is 9.59 Å². The van der Waals surface area contributed by atoms with Crippen LogP contribution >= 0.6 is 12.4 Å². The fraction of sp³-hybridized carbons (Fsp3) is 0.500. The maximum atomic E-state index is 12.9. The lowest BCUT2D eigenvalue weighted by Crippen LogP contribution is -2.18. The summed E-state index contributed by atoms with van der Waals surface area (Å²) < 4.78 is 0. The zero-order valence-corrected chi connectivity index (χ0v) is 20.9. The molecule has 2 aromatic carbocycles. The first-order chi connectivity index (χ1) is 15.0. The normalized spacial score (nSPS) is 10.6. The SMILES string of the molecule is CCCCCCCCCCCCc1cc(C(=O)C(=O)c2ccccc2)c(N)c(C)c1C.Cl. The summed E-state index contributed by atoms with van der Waals surface area (Å²) in [5.74, 6) is -1.02. The molecule has 32 heavy (non-hydrogen) atoms. The highest BCUT2D eigenvalue weighted by Crippen LogP contribution is 2.27. The van der Waals surface area contributed by atoms with Crippen molar-refractivity contribution < 1.29 is 9.59 Å². The molecule has 2 N–H and O–H groups in total. The van der Waals surface area contributed by atoms with E-state index in [4.69, 9.17) is 5.73 Å². The number of aryl methyl sites for hydroxylation is 1. The van der Waals surface area contributed by atoms with E-state index in [1.807, 2.05) is 19.1 Å². The monoisotopic (exact) mass is 457 g/mol. The Morgan fingerprint density at radius 2 is 1.28 bits per heavy atom. The standard InChI is InChI=1S/C28H39NO2.ClH/c1-4-5-6-7-8-9-10-11-12-14-19-24-20-25(26(29)22(3)21(24)2)28(31)27(30)23-17-15-13-16-18-23;/h13,15-18,20H,4-12,14,19,29H2,1-3H3;1H. The molecule has 0 unspecified atom stereocenters. The second-order valence-corrected chi connectivity index (χ2v) is 8.70. The van der Waals surface area contributed by atoms with E-state index in [-0.39, 0.29) is 12.4 Å². The molecule has 3 nitrogen and oxygen atoms in total.